The lowest BCUT2D eigenvalue weighted by atomic mass is 9.93. The van der Waals surface area contributed by atoms with Crippen molar-refractivity contribution in [3.63, 3.8) is 0 Å². The van der Waals surface area contributed by atoms with Crippen molar-refractivity contribution in [2.24, 2.45) is 0 Å². The molecule has 3 nitrogen and oxygen atoms in total. The lowest BCUT2D eigenvalue weighted by molar-refractivity contribution is 0.103. The van der Waals surface area contributed by atoms with E-state index in [1.165, 1.54) is 5.56 Å². The van der Waals surface area contributed by atoms with Crippen LogP contribution < -0.4 is 5.32 Å². The highest BCUT2D eigenvalue weighted by atomic mass is 16.1. The first-order chi connectivity index (χ1) is 17.0. The topological polar surface area (TPSA) is 42.0 Å². The van der Waals surface area contributed by atoms with Crippen LogP contribution in [0.1, 0.15) is 39.5 Å². The standard InChI is InChI=1S/C32H28N2O/c1-4-25-30(23-11-7-5-8-12-23)26-17-15-21(2)19-28(26)33-32(25)34-29-20-22(3)16-18-27(29)31(35)24-13-9-6-10-14-24/h5-20H,4H2,1-3H3,(H,33,34). The molecule has 35 heavy (non-hydrogen) atoms. The number of nitrogens with zero attached hydrogens (tertiary/aromatic N) is 1. The minimum Gasteiger partial charge on any atom is -0.339 e. The molecule has 0 atom stereocenters. The van der Waals surface area contributed by atoms with Gasteiger partial charge in [0.2, 0.25) is 0 Å². The molecule has 0 aliphatic heterocycles. The van der Waals surface area contributed by atoms with Crippen LogP contribution in [0.25, 0.3) is 22.0 Å². The predicted octanol–water partition coefficient (Wildman–Crippen LogP) is 8.06. The molecule has 0 fully saturated rings. The van der Waals surface area contributed by atoms with E-state index in [1.54, 1.807) is 0 Å². The van der Waals surface area contributed by atoms with Gasteiger partial charge in [0, 0.05) is 22.1 Å². The largest absolute Gasteiger partial charge is 0.339 e. The number of hydrogen-bond donors (Lipinski definition) is 1. The third-order valence-electron chi connectivity index (χ3n) is 6.37. The number of pyridine rings is 1. The van der Waals surface area contributed by atoms with Crippen LogP contribution in [-0.4, -0.2) is 10.8 Å². The first-order valence-electron chi connectivity index (χ1n) is 12.0. The molecule has 0 unspecified atom stereocenters. The SMILES string of the molecule is CCc1c(Nc2cc(C)ccc2C(=O)c2ccccc2)nc2cc(C)ccc2c1-c1ccccc1. The molecule has 1 heterocycles. The van der Waals surface area contributed by atoms with E-state index in [0.29, 0.717) is 11.1 Å². The second-order valence-corrected chi connectivity index (χ2v) is 8.92. The Morgan fingerprint density at radius 3 is 2.17 bits per heavy atom. The fraction of sp³-hybridized carbons (Fsp3) is 0.125. The van der Waals surface area contributed by atoms with Crippen LogP contribution in [0.15, 0.2) is 97.1 Å². The zero-order chi connectivity index (χ0) is 24.4. The van der Waals surface area contributed by atoms with Gasteiger partial charge in [0.25, 0.3) is 0 Å². The summed E-state index contributed by atoms with van der Waals surface area (Å²) in [6.45, 7) is 6.28. The molecule has 1 N–H and O–H groups in total. The van der Waals surface area contributed by atoms with Crippen molar-refractivity contribution in [2.45, 2.75) is 27.2 Å². The molecule has 0 amide bonds. The Morgan fingerprint density at radius 1 is 0.800 bits per heavy atom. The molecule has 0 saturated carbocycles. The number of hydrogen-bond acceptors (Lipinski definition) is 3. The maximum Gasteiger partial charge on any atom is 0.195 e. The van der Waals surface area contributed by atoms with Crippen molar-refractivity contribution in [2.75, 3.05) is 5.32 Å². The maximum absolute atomic E-state index is 13.4. The number of ketones is 1. The molecule has 4 aromatic carbocycles. The summed E-state index contributed by atoms with van der Waals surface area (Å²) in [5.74, 6) is 0.781. The summed E-state index contributed by atoms with van der Waals surface area (Å²) in [5.41, 5.74) is 8.73. The average molecular weight is 457 g/mol. The molecule has 0 bridgehead atoms. The number of nitrogens with one attached hydrogen (secondary N) is 1. The van der Waals surface area contributed by atoms with Gasteiger partial charge in [0.05, 0.1) is 11.2 Å². The number of rotatable bonds is 6. The Balaban J connectivity index is 1.71. The highest BCUT2D eigenvalue weighted by Gasteiger charge is 2.19. The Bertz CT molecular complexity index is 1520. The lowest BCUT2D eigenvalue weighted by Gasteiger charge is -2.19. The summed E-state index contributed by atoms with van der Waals surface area (Å²) in [7, 11) is 0. The molecule has 0 saturated heterocycles. The van der Waals surface area contributed by atoms with Gasteiger partial charge in [-0.2, -0.15) is 0 Å². The van der Waals surface area contributed by atoms with Crippen LogP contribution in [0.5, 0.6) is 0 Å². The number of fused-ring (bicyclic) bond motifs is 1. The van der Waals surface area contributed by atoms with Gasteiger partial charge in [-0.3, -0.25) is 4.79 Å². The van der Waals surface area contributed by atoms with E-state index in [0.717, 1.165) is 51.1 Å². The van der Waals surface area contributed by atoms with Gasteiger partial charge in [-0.05, 0) is 60.7 Å². The summed E-state index contributed by atoms with van der Waals surface area (Å²) in [5, 5.41) is 4.71. The van der Waals surface area contributed by atoms with E-state index in [-0.39, 0.29) is 5.78 Å². The van der Waals surface area contributed by atoms with Crippen molar-refractivity contribution in [1.82, 2.24) is 4.98 Å². The zero-order valence-corrected chi connectivity index (χ0v) is 20.3. The highest BCUT2D eigenvalue weighted by molar-refractivity contribution is 6.13. The number of aromatic nitrogens is 1. The van der Waals surface area contributed by atoms with Crippen LogP contribution in [0.4, 0.5) is 11.5 Å². The zero-order valence-electron chi connectivity index (χ0n) is 20.3. The lowest BCUT2D eigenvalue weighted by Crippen LogP contribution is -2.08. The summed E-state index contributed by atoms with van der Waals surface area (Å²) >= 11 is 0. The second-order valence-electron chi connectivity index (χ2n) is 8.92. The molecular formula is C32H28N2O. The molecule has 0 aliphatic rings. The maximum atomic E-state index is 13.4. The van der Waals surface area contributed by atoms with Crippen molar-refractivity contribution >= 4 is 28.2 Å². The minimum atomic E-state index is -0.00827. The Kier molecular flexibility index (Phi) is 6.15. The van der Waals surface area contributed by atoms with E-state index in [9.17, 15) is 4.79 Å². The van der Waals surface area contributed by atoms with Crippen LogP contribution in [0.3, 0.4) is 0 Å². The van der Waals surface area contributed by atoms with Gasteiger partial charge in [-0.15, -0.1) is 0 Å². The fourth-order valence-corrected chi connectivity index (χ4v) is 4.63. The summed E-state index contributed by atoms with van der Waals surface area (Å²) < 4.78 is 0. The van der Waals surface area contributed by atoms with Crippen LogP contribution in [0.2, 0.25) is 0 Å². The molecule has 3 heteroatoms. The molecular weight excluding hydrogens is 428 g/mol. The van der Waals surface area contributed by atoms with Gasteiger partial charge >= 0.3 is 0 Å². The van der Waals surface area contributed by atoms with Gasteiger partial charge in [-0.1, -0.05) is 85.8 Å². The third-order valence-corrected chi connectivity index (χ3v) is 6.37. The summed E-state index contributed by atoms with van der Waals surface area (Å²) in [6.07, 6.45) is 0.803. The smallest absolute Gasteiger partial charge is 0.195 e. The van der Waals surface area contributed by atoms with E-state index in [2.05, 4.69) is 61.6 Å². The molecule has 1 aromatic heterocycles. The highest BCUT2D eigenvalue weighted by Crippen LogP contribution is 2.37. The second kappa shape index (κ2) is 9.55. The van der Waals surface area contributed by atoms with E-state index in [4.69, 9.17) is 4.98 Å². The van der Waals surface area contributed by atoms with Gasteiger partial charge in [0.15, 0.2) is 5.78 Å². The van der Waals surface area contributed by atoms with Crippen molar-refractivity contribution in [1.29, 1.82) is 0 Å². The van der Waals surface area contributed by atoms with Crippen molar-refractivity contribution < 1.29 is 4.79 Å². The van der Waals surface area contributed by atoms with Crippen LogP contribution in [0, 0.1) is 13.8 Å². The molecule has 172 valence electrons. The number of carbonyl (C=O) groups is 1. The monoisotopic (exact) mass is 456 g/mol. The Morgan fingerprint density at radius 2 is 1.46 bits per heavy atom. The Hall–Kier alpha value is -4.24. The van der Waals surface area contributed by atoms with Crippen molar-refractivity contribution in [3.05, 3.63) is 125 Å². The molecule has 0 aliphatic carbocycles. The molecule has 0 radical (unpaired) electrons. The molecule has 5 rings (SSSR count). The van der Waals surface area contributed by atoms with E-state index in [1.807, 2.05) is 61.5 Å². The summed E-state index contributed by atoms with van der Waals surface area (Å²) in [4.78, 5) is 18.5. The van der Waals surface area contributed by atoms with E-state index < -0.39 is 0 Å². The quantitative estimate of drug-likeness (QED) is 0.263. The molecule has 5 aromatic rings. The van der Waals surface area contributed by atoms with Gasteiger partial charge in [0.1, 0.15) is 5.82 Å². The van der Waals surface area contributed by atoms with Crippen LogP contribution in [-0.2, 0) is 6.42 Å². The first-order valence-corrected chi connectivity index (χ1v) is 12.0. The first kappa shape index (κ1) is 22.5. The van der Waals surface area contributed by atoms with Gasteiger partial charge < -0.3 is 5.32 Å². The van der Waals surface area contributed by atoms with Gasteiger partial charge in [-0.25, -0.2) is 4.98 Å². The number of benzene rings is 4. The normalized spacial score (nSPS) is 10.9. The fourth-order valence-electron chi connectivity index (χ4n) is 4.63. The van der Waals surface area contributed by atoms with Crippen molar-refractivity contribution in [3.8, 4) is 11.1 Å². The summed E-state index contributed by atoms with van der Waals surface area (Å²) in [6, 6.07) is 32.2. The predicted molar refractivity (Wildman–Crippen MR) is 146 cm³/mol. The third kappa shape index (κ3) is 4.45. The Labute approximate surface area is 206 Å². The number of anilines is 2. The number of aryl methyl sites for hydroxylation is 2. The molecule has 0 spiro atoms. The average Bonchev–Trinajstić information content (AvgIpc) is 2.88. The van der Waals surface area contributed by atoms with E-state index >= 15 is 0 Å². The van der Waals surface area contributed by atoms with Crippen LogP contribution >= 0.6 is 0 Å². The minimum absolute atomic E-state index is 0.00827. The number of carbonyl (C=O) groups excluding carboxylic acids is 1.